The predicted molar refractivity (Wildman–Crippen MR) is 109 cm³/mol. The fourth-order valence-electron chi connectivity index (χ4n) is 3.00. The molecule has 142 valence electrons. The molecule has 3 rings (SSSR count). The van der Waals surface area contributed by atoms with E-state index in [2.05, 4.69) is 53.8 Å². The van der Waals surface area contributed by atoms with E-state index in [0.29, 0.717) is 18.2 Å². The van der Waals surface area contributed by atoms with Crippen molar-refractivity contribution in [3.8, 4) is 17.2 Å². The zero-order chi connectivity index (χ0) is 20.1. The molecule has 0 atom stereocenters. The molecule has 0 saturated heterocycles. The smallest absolute Gasteiger partial charge is 0.226 e. The average Bonchev–Trinajstić information content (AvgIpc) is 2.68. The highest BCUT2D eigenvalue weighted by Gasteiger charge is 2.19. The molecule has 28 heavy (non-hydrogen) atoms. The monoisotopic (exact) mass is 374 g/mol. The normalized spacial score (nSPS) is 11.1. The first-order valence-corrected chi connectivity index (χ1v) is 9.17. The van der Waals surface area contributed by atoms with Crippen LogP contribution in [0, 0.1) is 22.6 Å². The minimum Gasteiger partial charge on any atom is -0.336 e. The highest BCUT2D eigenvalue weighted by Crippen LogP contribution is 2.24. The highest BCUT2D eigenvalue weighted by atomic mass is 19.1. The molecule has 0 unspecified atom stereocenters. The number of nitrogens with zero attached hydrogens (tertiary/aromatic N) is 4. The first kappa shape index (κ1) is 19.5. The van der Waals surface area contributed by atoms with Crippen LogP contribution in [-0.2, 0) is 6.54 Å². The van der Waals surface area contributed by atoms with E-state index in [1.54, 1.807) is 24.4 Å². The Kier molecular flexibility index (Phi) is 5.70. The van der Waals surface area contributed by atoms with Crippen molar-refractivity contribution in [3.05, 3.63) is 77.9 Å². The number of anilines is 1. The minimum atomic E-state index is -0.238. The molecule has 1 aromatic heterocycles. The lowest BCUT2D eigenvalue weighted by molar-refractivity contribution is 0.406. The van der Waals surface area contributed by atoms with Gasteiger partial charge in [-0.1, -0.05) is 57.2 Å². The van der Waals surface area contributed by atoms with Crippen LogP contribution in [0.3, 0.4) is 0 Å². The number of rotatable bonds is 5. The molecule has 0 aliphatic carbocycles. The third-order valence-corrected chi connectivity index (χ3v) is 4.21. The zero-order valence-corrected chi connectivity index (χ0v) is 16.4. The van der Waals surface area contributed by atoms with Gasteiger partial charge in [-0.05, 0) is 40.3 Å². The van der Waals surface area contributed by atoms with Gasteiger partial charge in [-0.3, -0.25) is 0 Å². The Balaban J connectivity index is 1.84. The number of benzene rings is 2. The van der Waals surface area contributed by atoms with Crippen LogP contribution in [0.25, 0.3) is 11.1 Å². The van der Waals surface area contributed by atoms with E-state index in [9.17, 15) is 4.39 Å². The fourth-order valence-corrected chi connectivity index (χ4v) is 3.00. The number of nitriles is 1. The van der Waals surface area contributed by atoms with Crippen molar-refractivity contribution < 1.29 is 4.39 Å². The molecular formula is C23H23FN4. The molecule has 0 saturated carbocycles. The third kappa shape index (κ3) is 5.14. The number of halogens is 1. The zero-order valence-electron chi connectivity index (χ0n) is 16.4. The number of hydrogen-bond acceptors (Lipinski definition) is 4. The largest absolute Gasteiger partial charge is 0.336 e. The van der Waals surface area contributed by atoms with Crippen molar-refractivity contribution >= 4 is 5.95 Å². The van der Waals surface area contributed by atoms with E-state index in [1.165, 1.54) is 12.1 Å². The van der Waals surface area contributed by atoms with E-state index in [0.717, 1.165) is 23.2 Å². The van der Waals surface area contributed by atoms with Crippen LogP contribution in [0.4, 0.5) is 10.3 Å². The Morgan fingerprint density at radius 3 is 2.14 bits per heavy atom. The minimum absolute atomic E-state index is 0.0417. The first-order valence-electron chi connectivity index (χ1n) is 9.17. The van der Waals surface area contributed by atoms with Crippen molar-refractivity contribution in [2.24, 2.45) is 5.41 Å². The summed E-state index contributed by atoms with van der Waals surface area (Å²) in [4.78, 5) is 10.8. The number of aromatic nitrogens is 2. The molecule has 0 N–H and O–H groups in total. The van der Waals surface area contributed by atoms with Gasteiger partial charge in [0.15, 0.2) is 0 Å². The van der Waals surface area contributed by atoms with E-state index in [-0.39, 0.29) is 11.2 Å². The molecule has 0 bridgehead atoms. The first-order chi connectivity index (χ1) is 13.3. The summed E-state index contributed by atoms with van der Waals surface area (Å²) >= 11 is 0. The van der Waals surface area contributed by atoms with Crippen molar-refractivity contribution in [3.63, 3.8) is 0 Å². The van der Waals surface area contributed by atoms with Gasteiger partial charge < -0.3 is 4.90 Å². The summed E-state index contributed by atoms with van der Waals surface area (Å²) in [6, 6.07) is 18.3. The standard InChI is InChI=1S/C23H23FN4/c1-23(2,3)16-28(22-26-13-12-21(14-25)27-22)15-17-4-6-18(7-5-17)19-8-10-20(24)11-9-19/h4-13H,15-16H2,1-3H3. The fraction of sp³-hybridized carbons (Fsp3) is 0.261. The topological polar surface area (TPSA) is 52.8 Å². The van der Waals surface area contributed by atoms with Gasteiger partial charge in [0.25, 0.3) is 0 Å². The molecular weight excluding hydrogens is 351 g/mol. The van der Waals surface area contributed by atoms with Gasteiger partial charge in [0.05, 0.1) is 0 Å². The maximum Gasteiger partial charge on any atom is 0.226 e. The van der Waals surface area contributed by atoms with Gasteiger partial charge in [-0.2, -0.15) is 5.26 Å². The summed E-state index contributed by atoms with van der Waals surface area (Å²) < 4.78 is 13.1. The summed E-state index contributed by atoms with van der Waals surface area (Å²) in [6.45, 7) is 7.86. The van der Waals surface area contributed by atoms with Crippen LogP contribution in [0.15, 0.2) is 60.8 Å². The molecule has 0 aliphatic rings. The van der Waals surface area contributed by atoms with Gasteiger partial charge in [0, 0.05) is 19.3 Å². The second-order valence-electron chi connectivity index (χ2n) is 7.97. The van der Waals surface area contributed by atoms with Crippen LogP contribution in [0.2, 0.25) is 0 Å². The summed E-state index contributed by atoms with van der Waals surface area (Å²) in [6.07, 6.45) is 1.62. The Bertz CT molecular complexity index is 967. The Hall–Kier alpha value is -3.26. The summed E-state index contributed by atoms with van der Waals surface area (Å²) in [5, 5.41) is 9.14. The lowest BCUT2D eigenvalue weighted by Gasteiger charge is -2.30. The Morgan fingerprint density at radius 2 is 1.57 bits per heavy atom. The predicted octanol–water partition coefficient (Wildman–Crippen LogP) is 5.21. The molecule has 0 spiro atoms. The van der Waals surface area contributed by atoms with E-state index >= 15 is 0 Å². The summed E-state index contributed by atoms with van der Waals surface area (Å²) in [7, 11) is 0. The highest BCUT2D eigenvalue weighted by molar-refractivity contribution is 5.63. The molecule has 2 aromatic carbocycles. The third-order valence-electron chi connectivity index (χ3n) is 4.21. The lowest BCUT2D eigenvalue weighted by atomic mass is 9.96. The van der Waals surface area contributed by atoms with Crippen LogP contribution < -0.4 is 4.90 Å². The van der Waals surface area contributed by atoms with Gasteiger partial charge in [-0.15, -0.1) is 0 Å². The average molecular weight is 374 g/mol. The molecule has 0 amide bonds. The Morgan fingerprint density at radius 1 is 0.964 bits per heavy atom. The molecule has 0 radical (unpaired) electrons. The molecule has 1 heterocycles. The van der Waals surface area contributed by atoms with Crippen LogP contribution >= 0.6 is 0 Å². The number of hydrogen-bond donors (Lipinski definition) is 0. The van der Waals surface area contributed by atoms with Crippen LogP contribution in [-0.4, -0.2) is 16.5 Å². The molecule has 3 aromatic rings. The van der Waals surface area contributed by atoms with Crippen molar-refractivity contribution in [1.82, 2.24) is 9.97 Å². The second-order valence-corrected chi connectivity index (χ2v) is 7.97. The van der Waals surface area contributed by atoms with Gasteiger partial charge >= 0.3 is 0 Å². The lowest BCUT2D eigenvalue weighted by Crippen LogP contribution is -2.33. The van der Waals surface area contributed by atoms with Crippen LogP contribution in [0.1, 0.15) is 32.0 Å². The van der Waals surface area contributed by atoms with Crippen LogP contribution in [0.5, 0.6) is 0 Å². The SMILES string of the molecule is CC(C)(C)CN(Cc1ccc(-c2ccc(F)cc2)cc1)c1nccc(C#N)n1. The van der Waals surface area contributed by atoms with Crippen molar-refractivity contribution in [1.29, 1.82) is 5.26 Å². The Labute approximate surface area is 165 Å². The maximum atomic E-state index is 13.1. The summed E-state index contributed by atoms with van der Waals surface area (Å²) in [5.74, 6) is 0.314. The van der Waals surface area contributed by atoms with E-state index in [1.807, 2.05) is 12.1 Å². The van der Waals surface area contributed by atoms with Gasteiger partial charge in [-0.25, -0.2) is 14.4 Å². The van der Waals surface area contributed by atoms with E-state index in [4.69, 9.17) is 5.26 Å². The van der Waals surface area contributed by atoms with Crippen molar-refractivity contribution in [2.45, 2.75) is 27.3 Å². The molecule has 0 aliphatic heterocycles. The quantitative estimate of drug-likeness (QED) is 0.615. The molecule has 4 nitrogen and oxygen atoms in total. The van der Waals surface area contributed by atoms with Crippen molar-refractivity contribution in [2.75, 3.05) is 11.4 Å². The second kappa shape index (κ2) is 8.18. The molecule has 0 fully saturated rings. The summed E-state index contributed by atoms with van der Waals surface area (Å²) in [5.41, 5.74) is 3.52. The van der Waals surface area contributed by atoms with Gasteiger partial charge in [0.1, 0.15) is 17.6 Å². The van der Waals surface area contributed by atoms with E-state index < -0.39 is 0 Å². The van der Waals surface area contributed by atoms with Gasteiger partial charge in [0.2, 0.25) is 5.95 Å². The molecule has 5 heteroatoms. The maximum absolute atomic E-state index is 13.1.